The Morgan fingerprint density at radius 2 is 1.77 bits per heavy atom. The Balaban J connectivity index is 2.15. The zero-order valence-electron chi connectivity index (χ0n) is 17.1. The first-order valence-electron chi connectivity index (χ1n) is 11.1. The molecule has 0 bridgehead atoms. The van der Waals surface area contributed by atoms with E-state index in [1.807, 2.05) is 6.92 Å². The fourth-order valence-electron chi connectivity index (χ4n) is 4.34. The standard InChI is InChI=1S/C22H42O4/c1-3-5-8-12-19(23)15-16-20-18(14-17-21(20)24)11-9-6-7-10-13-22(25)26-4-2/h18-21,23-24H,3-17H2,1-2H3. The van der Waals surface area contributed by atoms with Crippen LogP contribution in [0.5, 0.6) is 0 Å². The first-order chi connectivity index (χ1) is 12.6. The summed E-state index contributed by atoms with van der Waals surface area (Å²) in [5, 5.41) is 20.5. The van der Waals surface area contributed by atoms with Crippen LogP contribution in [0.25, 0.3) is 0 Å². The highest BCUT2D eigenvalue weighted by Crippen LogP contribution is 2.39. The zero-order chi connectivity index (χ0) is 19.2. The monoisotopic (exact) mass is 370 g/mol. The minimum absolute atomic E-state index is 0.0797. The van der Waals surface area contributed by atoms with Crippen LogP contribution in [-0.2, 0) is 9.53 Å². The minimum Gasteiger partial charge on any atom is -0.466 e. The van der Waals surface area contributed by atoms with Crippen molar-refractivity contribution >= 4 is 5.97 Å². The Morgan fingerprint density at radius 3 is 2.50 bits per heavy atom. The Labute approximate surface area is 160 Å². The van der Waals surface area contributed by atoms with Gasteiger partial charge in [0.05, 0.1) is 18.8 Å². The van der Waals surface area contributed by atoms with Gasteiger partial charge < -0.3 is 14.9 Å². The second-order valence-electron chi connectivity index (χ2n) is 8.05. The van der Waals surface area contributed by atoms with E-state index < -0.39 is 0 Å². The molecule has 1 fully saturated rings. The molecule has 0 amide bonds. The zero-order valence-corrected chi connectivity index (χ0v) is 17.1. The average Bonchev–Trinajstić information content (AvgIpc) is 2.96. The predicted octanol–water partition coefficient (Wildman–Crippen LogP) is 5.00. The van der Waals surface area contributed by atoms with Gasteiger partial charge in [-0.25, -0.2) is 0 Å². The van der Waals surface area contributed by atoms with Gasteiger partial charge in [0.25, 0.3) is 0 Å². The summed E-state index contributed by atoms with van der Waals surface area (Å²) in [5.74, 6) is 0.900. The Kier molecular flexibility index (Phi) is 13.0. The van der Waals surface area contributed by atoms with Gasteiger partial charge in [-0.1, -0.05) is 51.9 Å². The number of aliphatic hydroxyl groups is 2. The number of unbranched alkanes of at least 4 members (excludes halogenated alkanes) is 5. The number of ether oxygens (including phenoxy) is 1. The third kappa shape index (κ3) is 9.91. The Bertz CT molecular complexity index is 358. The lowest BCUT2D eigenvalue weighted by Crippen LogP contribution is -2.21. The summed E-state index contributed by atoms with van der Waals surface area (Å²) in [6.45, 7) is 4.49. The van der Waals surface area contributed by atoms with Crippen molar-refractivity contribution < 1.29 is 19.7 Å². The predicted molar refractivity (Wildman–Crippen MR) is 106 cm³/mol. The molecule has 1 rings (SSSR count). The van der Waals surface area contributed by atoms with E-state index in [1.165, 1.54) is 25.7 Å². The van der Waals surface area contributed by atoms with E-state index in [1.54, 1.807) is 0 Å². The highest BCUT2D eigenvalue weighted by atomic mass is 16.5. The molecule has 0 spiro atoms. The largest absolute Gasteiger partial charge is 0.466 e. The van der Waals surface area contributed by atoms with Crippen LogP contribution >= 0.6 is 0 Å². The topological polar surface area (TPSA) is 66.8 Å². The summed E-state index contributed by atoms with van der Waals surface area (Å²) >= 11 is 0. The van der Waals surface area contributed by atoms with Gasteiger partial charge in [0.2, 0.25) is 0 Å². The van der Waals surface area contributed by atoms with Crippen LogP contribution in [0, 0.1) is 11.8 Å². The van der Waals surface area contributed by atoms with Crippen LogP contribution < -0.4 is 0 Å². The van der Waals surface area contributed by atoms with E-state index in [0.717, 1.165) is 57.8 Å². The summed E-state index contributed by atoms with van der Waals surface area (Å²) < 4.78 is 4.95. The summed E-state index contributed by atoms with van der Waals surface area (Å²) in [6, 6.07) is 0. The number of hydrogen-bond acceptors (Lipinski definition) is 4. The summed E-state index contributed by atoms with van der Waals surface area (Å²) in [4.78, 5) is 11.3. The number of carbonyl (C=O) groups excluding carboxylic acids is 1. The lowest BCUT2D eigenvalue weighted by Gasteiger charge is -2.23. The molecule has 4 heteroatoms. The van der Waals surface area contributed by atoms with E-state index in [0.29, 0.717) is 24.9 Å². The molecule has 1 saturated carbocycles. The molecule has 0 aromatic rings. The van der Waals surface area contributed by atoms with Crippen molar-refractivity contribution in [3.05, 3.63) is 0 Å². The lowest BCUT2D eigenvalue weighted by atomic mass is 9.85. The van der Waals surface area contributed by atoms with E-state index in [-0.39, 0.29) is 18.2 Å². The van der Waals surface area contributed by atoms with Gasteiger partial charge in [-0.05, 0) is 57.3 Å². The molecule has 0 radical (unpaired) electrons. The second-order valence-corrected chi connectivity index (χ2v) is 8.05. The molecular formula is C22H42O4. The number of esters is 1. The molecule has 0 aromatic heterocycles. The molecule has 4 nitrogen and oxygen atoms in total. The molecule has 26 heavy (non-hydrogen) atoms. The maximum absolute atomic E-state index is 11.3. The average molecular weight is 371 g/mol. The van der Waals surface area contributed by atoms with E-state index in [2.05, 4.69) is 6.92 Å². The second kappa shape index (κ2) is 14.4. The van der Waals surface area contributed by atoms with Crippen LogP contribution in [-0.4, -0.2) is 35.0 Å². The van der Waals surface area contributed by atoms with Crippen molar-refractivity contribution in [3.63, 3.8) is 0 Å². The minimum atomic E-state index is -0.196. The molecule has 154 valence electrons. The molecule has 0 aliphatic heterocycles. The fraction of sp³-hybridized carbons (Fsp3) is 0.955. The molecular weight excluding hydrogens is 328 g/mol. The summed E-state index contributed by atoms with van der Waals surface area (Å²) in [7, 11) is 0. The van der Waals surface area contributed by atoms with Crippen LogP contribution in [0.3, 0.4) is 0 Å². The molecule has 4 unspecified atom stereocenters. The Morgan fingerprint density at radius 1 is 1.00 bits per heavy atom. The molecule has 0 heterocycles. The van der Waals surface area contributed by atoms with Crippen molar-refractivity contribution in [1.29, 1.82) is 0 Å². The molecule has 0 saturated heterocycles. The Hall–Kier alpha value is -0.610. The number of carbonyl (C=O) groups is 1. The third-order valence-corrected chi connectivity index (χ3v) is 5.92. The van der Waals surface area contributed by atoms with Crippen LogP contribution in [0.2, 0.25) is 0 Å². The van der Waals surface area contributed by atoms with Crippen LogP contribution in [0.1, 0.15) is 104 Å². The fourth-order valence-corrected chi connectivity index (χ4v) is 4.34. The molecule has 1 aliphatic rings. The molecule has 0 aromatic carbocycles. The maximum atomic E-state index is 11.3. The van der Waals surface area contributed by atoms with Crippen molar-refractivity contribution in [2.24, 2.45) is 11.8 Å². The van der Waals surface area contributed by atoms with Crippen molar-refractivity contribution in [3.8, 4) is 0 Å². The van der Waals surface area contributed by atoms with Crippen LogP contribution in [0.15, 0.2) is 0 Å². The first kappa shape index (κ1) is 23.4. The van der Waals surface area contributed by atoms with Gasteiger partial charge in [-0.15, -0.1) is 0 Å². The molecule has 4 atom stereocenters. The SMILES string of the molecule is CCCCCC(O)CCC1C(O)CCC1CCCCCCC(=O)OCC. The summed E-state index contributed by atoms with van der Waals surface area (Å²) in [5.41, 5.74) is 0. The van der Waals surface area contributed by atoms with Crippen LogP contribution in [0.4, 0.5) is 0 Å². The highest BCUT2D eigenvalue weighted by Gasteiger charge is 2.34. The first-order valence-corrected chi connectivity index (χ1v) is 11.1. The summed E-state index contributed by atoms with van der Waals surface area (Å²) in [6.07, 6.45) is 13.9. The third-order valence-electron chi connectivity index (χ3n) is 5.92. The van der Waals surface area contributed by atoms with Gasteiger partial charge in [0, 0.05) is 6.42 Å². The van der Waals surface area contributed by atoms with Gasteiger partial charge in [-0.3, -0.25) is 4.79 Å². The highest BCUT2D eigenvalue weighted by molar-refractivity contribution is 5.69. The van der Waals surface area contributed by atoms with Gasteiger partial charge in [0.1, 0.15) is 0 Å². The van der Waals surface area contributed by atoms with E-state index in [4.69, 9.17) is 4.74 Å². The molecule has 1 aliphatic carbocycles. The van der Waals surface area contributed by atoms with Gasteiger partial charge in [-0.2, -0.15) is 0 Å². The number of rotatable bonds is 15. The number of aliphatic hydroxyl groups excluding tert-OH is 2. The van der Waals surface area contributed by atoms with Gasteiger partial charge in [0.15, 0.2) is 0 Å². The van der Waals surface area contributed by atoms with E-state index >= 15 is 0 Å². The normalized spacial score (nSPS) is 23.9. The number of hydrogen-bond donors (Lipinski definition) is 2. The smallest absolute Gasteiger partial charge is 0.305 e. The quantitative estimate of drug-likeness (QED) is 0.314. The lowest BCUT2D eigenvalue weighted by molar-refractivity contribution is -0.143. The van der Waals surface area contributed by atoms with Crippen molar-refractivity contribution in [2.45, 2.75) is 116 Å². The maximum Gasteiger partial charge on any atom is 0.305 e. The van der Waals surface area contributed by atoms with E-state index in [9.17, 15) is 15.0 Å². The van der Waals surface area contributed by atoms with Crippen molar-refractivity contribution in [2.75, 3.05) is 6.61 Å². The van der Waals surface area contributed by atoms with Crippen molar-refractivity contribution in [1.82, 2.24) is 0 Å². The van der Waals surface area contributed by atoms with Gasteiger partial charge >= 0.3 is 5.97 Å². The molecule has 2 N–H and O–H groups in total.